The monoisotopic (exact) mass is 854 g/mol. The topological polar surface area (TPSA) is 152 Å². The summed E-state index contributed by atoms with van der Waals surface area (Å²) in [5, 5.41) is 32.7. The molecule has 0 aliphatic rings. The van der Waals surface area contributed by atoms with Crippen molar-refractivity contribution in [1.82, 2.24) is 39.5 Å². The second-order valence-electron chi connectivity index (χ2n) is 14.0. The van der Waals surface area contributed by atoms with E-state index >= 15 is 0 Å². The zero-order valence-corrected chi connectivity index (χ0v) is 31.9. The molecular formula is C38H36F10N10O2. The first-order chi connectivity index (χ1) is 27.9. The van der Waals surface area contributed by atoms with Gasteiger partial charge in [0.05, 0.1) is 25.5 Å². The highest BCUT2D eigenvalue weighted by molar-refractivity contribution is 5.71. The number of alkyl halides is 10. The van der Waals surface area contributed by atoms with Crippen molar-refractivity contribution in [1.29, 1.82) is 0 Å². The third-order valence-electron chi connectivity index (χ3n) is 8.56. The molecule has 320 valence electrons. The molecule has 22 heteroatoms. The number of benzene rings is 2. The van der Waals surface area contributed by atoms with Crippen LogP contribution in [0, 0.1) is 13.8 Å². The lowest BCUT2D eigenvalue weighted by atomic mass is 10.1. The standard InChI is InChI=1S/2C19H18F5N5O/c2*1-11-5-12(13-8-26-29(9-13)10-18(2,30)19(22,23)24)7-14(6-11)27-17-25-4-3-15(28-17)16(20)21/h2*3-9,16,30H,10H2,1-2H3,(H,25,27,28)/t2*18-/m10/s1. The van der Waals surface area contributed by atoms with E-state index in [-0.39, 0.29) is 11.9 Å². The lowest BCUT2D eigenvalue weighted by molar-refractivity contribution is -0.258. The van der Waals surface area contributed by atoms with E-state index in [9.17, 15) is 54.1 Å². The lowest BCUT2D eigenvalue weighted by Gasteiger charge is -2.25. The van der Waals surface area contributed by atoms with Gasteiger partial charge in [0, 0.05) is 47.3 Å². The van der Waals surface area contributed by atoms with Crippen LogP contribution in [-0.2, 0) is 13.1 Å². The maximum Gasteiger partial charge on any atom is 0.418 e. The molecule has 0 amide bonds. The maximum absolute atomic E-state index is 12.9. The molecular weight excluding hydrogens is 818 g/mol. The summed E-state index contributed by atoms with van der Waals surface area (Å²) < 4.78 is 131. The number of halogens is 10. The molecule has 0 spiro atoms. The molecule has 0 fully saturated rings. The minimum Gasteiger partial charge on any atom is -0.379 e. The van der Waals surface area contributed by atoms with Crippen molar-refractivity contribution in [3.63, 3.8) is 0 Å². The molecule has 6 rings (SSSR count). The quantitative estimate of drug-likeness (QED) is 0.0877. The largest absolute Gasteiger partial charge is 0.418 e. The van der Waals surface area contributed by atoms with Crippen LogP contribution in [0.3, 0.4) is 0 Å². The van der Waals surface area contributed by atoms with Gasteiger partial charge < -0.3 is 20.8 Å². The van der Waals surface area contributed by atoms with Crippen LogP contribution in [-0.4, -0.2) is 73.3 Å². The van der Waals surface area contributed by atoms with Crippen molar-refractivity contribution >= 4 is 23.3 Å². The Bertz CT molecular complexity index is 2230. The number of anilines is 4. The highest BCUT2D eigenvalue weighted by atomic mass is 19.4. The molecule has 2 atom stereocenters. The molecule has 0 bridgehead atoms. The number of hydrogen-bond acceptors (Lipinski definition) is 10. The summed E-state index contributed by atoms with van der Waals surface area (Å²) >= 11 is 0. The van der Waals surface area contributed by atoms with Crippen LogP contribution < -0.4 is 10.6 Å². The van der Waals surface area contributed by atoms with E-state index in [4.69, 9.17) is 0 Å². The Morgan fingerprint density at radius 2 is 0.950 bits per heavy atom. The summed E-state index contributed by atoms with van der Waals surface area (Å²) in [6.07, 6.45) is -7.13. The Hall–Kier alpha value is -6.16. The molecule has 60 heavy (non-hydrogen) atoms. The third kappa shape index (κ3) is 11.5. The summed E-state index contributed by atoms with van der Waals surface area (Å²) in [4.78, 5) is 15.3. The Morgan fingerprint density at radius 1 is 0.583 bits per heavy atom. The van der Waals surface area contributed by atoms with Gasteiger partial charge in [-0.2, -0.15) is 36.5 Å². The molecule has 0 radical (unpaired) electrons. The van der Waals surface area contributed by atoms with E-state index in [1.165, 1.54) is 37.2 Å². The Balaban J connectivity index is 0.000000228. The van der Waals surface area contributed by atoms with Crippen molar-refractivity contribution in [2.24, 2.45) is 0 Å². The van der Waals surface area contributed by atoms with Gasteiger partial charge in [-0.1, -0.05) is 12.1 Å². The van der Waals surface area contributed by atoms with Crippen molar-refractivity contribution in [3.8, 4) is 22.3 Å². The van der Waals surface area contributed by atoms with E-state index in [1.54, 1.807) is 50.2 Å². The number of aryl methyl sites for hydroxylation is 2. The number of rotatable bonds is 12. The minimum atomic E-state index is -4.80. The Labute approximate surface area is 335 Å². The number of nitrogens with zero attached hydrogens (tertiary/aromatic N) is 8. The fraction of sp³-hybridized carbons (Fsp3) is 0.316. The first-order valence-electron chi connectivity index (χ1n) is 17.5. The first kappa shape index (κ1) is 44.9. The summed E-state index contributed by atoms with van der Waals surface area (Å²) in [5.41, 5.74) is -1.80. The predicted octanol–water partition coefficient (Wildman–Crippen LogP) is 9.29. The zero-order valence-electron chi connectivity index (χ0n) is 31.9. The first-order valence-corrected chi connectivity index (χ1v) is 17.5. The summed E-state index contributed by atoms with van der Waals surface area (Å²) in [6, 6.07) is 12.6. The van der Waals surface area contributed by atoms with E-state index in [0.717, 1.165) is 32.6 Å². The molecule has 12 nitrogen and oxygen atoms in total. The molecule has 6 aromatic rings. The highest BCUT2D eigenvalue weighted by Crippen LogP contribution is 2.34. The van der Waals surface area contributed by atoms with Crippen LogP contribution in [0.15, 0.2) is 85.7 Å². The minimum absolute atomic E-state index is 0.0127. The van der Waals surface area contributed by atoms with Crippen molar-refractivity contribution in [2.45, 2.75) is 77.2 Å². The smallest absolute Gasteiger partial charge is 0.379 e. The van der Waals surface area contributed by atoms with E-state index in [2.05, 4.69) is 40.8 Å². The summed E-state index contributed by atoms with van der Waals surface area (Å²) in [5.74, 6) is -0.0254. The SMILES string of the molecule is Cc1cc(Nc2nccc(C(F)F)n2)cc(-c2cnn(C[C@@](C)(O)C(F)(F)F)c2)c1.Cc1cc(Nc2nccc(C(F)F)n2)cc(-c2cnn(C[C@](C)(O)C(F)(F)F)c2)c1. The van der Waals surface area contributed by atoms with Gasteiger partial charge in [-0.15, -0.1) is 0 Å². The number of hydrogen-bond donors (Lipinski definition) is 4. The van der Waals surface area contributed by atoms with E-state index in [1.807, 2.05) is 0 Å². The molecule has 0 saturated heterocycles. The van der Waals surface area contributed by atoms with Crippen LogP contribution in [0.4, 0.5) is 67.2 Å². The normalized spacial score (nSPS) is 14.0. The average molecular weight is 855 g/mol. The third-order valence-corrected chi connectivity index (χ3v) is 8.56. The van der Waals surface area contributed by atoms with Gasteiger partial charge in [-0.05, 0) is 86.3 Å². The highest BCUT2D eigenvalue weighted by Gasteiger charge is 2.51. The van der Waals surface area contributed by atoms with Crippen molar-refractivity contribution in [3.05, 3.63) is 108 Å². The second-order valence-corrected chi connectivity index (χ2v) is 14.0. The van der Waals surface area contributed by atoms with Gasteiger partial charge in [0.1, 0.15) is 11.4 Å². The van der Waals surface area contributed by atoms with Crippen LogP contribution in [0.2, 0.25) is 0 Å². The molecule has 0 aliphatic carbocycles. The van der Waals surface area contributed by atoms with Crippen LogP contribution in [0.25, 0.3) is 22.3 Å². The van der Waals surface area contributed by atoms with E-state index in [0.29, 0.717) is 47.5 Å². The second kappa shape index (κ2) is 17.6. The zero-order chi connectivity index (χ0) is 44.2. The number of aliphatic hydroxyl groups is 2. The van der Waals surface area contributed by atoms with Gasteiger partial charge in [-0.3, -0.25) is 9.36 Å². The van der Waals surface area contributed by atoms with Crippen LogP contribution in [0.1, 0.15) is 49.2 Å². The van der Waals surface area contributed by atoms with Crippen molar-refractivity contribution in [2.75, 3.05) is 10.6 Å². The molecule has 4 heterocycles. The molecule has 0 unspecified atom stereocenters. The average Bonchev–Trinajstić information content (AvgIpc) is 3.80. The molecule has 4 N–H and O–H groups in total. The van der Waals surface area contributed by atoms with Gasteiger partial charge in [0.25, 0.3) is 12.9 Å². The summed E-state index contributed by atoms with van der Waals surface area (Å²) in [6.45, 7) is 3.42. The Kier molecular flexibility index (Phi) is 13.2. The summed E-state index contributed by atoms with van der Waals surface area (Å²) in [7, 11) is 0. The van der Waals surface area contributed by atoms with Gasteiger partial charge in [-0.25, -0.2) is 37.5 Å². The van der Waals surface area contributed by atoms with Gasteiger partial charge >= 0.3 is 12.4 Å². The lowest BCUT2D eigenvalue weighted by Crippen LogP contribution is -2.45. The maximum atomic E-state index is 12.9. The predicted molar refractivity (Wildman–Crippen MR) is 199 cm³/mol. The Morgan fingerprint density at radius 3 is 1.28 bits per heavy atom. The molecule has 4 aromatic heterocycles. The van der Waals surface area contributed by atoms with E-state index < -0.39 is 60.9 Å². The number of aromatic nitrogens is 8. The van der Waals surface area contributed by atoms with Crippen molar-refractivity contribution < 1.29 is 54.1 Å². The van der Waals surface area contributed by atoms with Crippen LogP contribution in [0.5, 0.6) is 0 Å². The molecule has 0 saturated carbocycles. The van der Waals surface area contributed by atoms with Gasteiger partial charge in [0.15, 0.2) is 11.2 Å². The van der Waals surface area contributed by atoms with Gasteiger partial charge in [0.2, 0.25) is 11.9 Å². The van der Waals surface area contributed by atoms with Crippen LogP contribution >= 0.6 is 0 Å². The fourth-order valence-electron chi connectivity index (χ4n) is 5.42. The molecule has 2 aromatic carbocycles. The molecule has 0 aliphatic heterocycles. The fourth-order valence-corrected chi connectivity index (χ4v) is 5.42. The number of nitrogens with one attached hydrogen (secondary N) is 2.